The number of hydrogen-bond acceptors (Lipinski definition) is 3. The quantitative estimate of drug-likeness (QED) is 0.862. The summed E-state index contributed by atoms with van der Waals surface area (Å²) in [6.07, 6.45) is 2.02. The lowest BCUT2D eigenvalue weighted by Crippen LogP contribution is -2.42. The van der Waals surface area contributed by atoms with Gasteiger partial charge in [0.15, 0.2) is 0 Å². The lowest BCUT2D eigenvalue weighted by Gasteiger charge is -2.25. The van der Waals surface area contributed by atoms with Gasteiger partial charge in [-0.3, -0.25) is 9.69 Å². The van der Waals surface area contributed by atoms with Gasteiger partial charge in [-0.1, -0.05) is 29.8 Å². The first-order chi connectivity index (χ1) is 10.1. The van der Waals surface area contributed by atoms with Crippen LogP contribution in [-0.2, 0) is 11.3 Å². The van der Waals surface area contributed by atoms with Crippen LogP contribution in [0.5, 0.6) is 0 Å². The van der Waals surface area contributed by atoms with Gasteiger partial charge in [0, 0.05) is 35.6 Å². The molecular weight excluding hydrogens is 304 g/mol. The molecule has 0 aliphatic carbocycles. The maximum absolute atomic E-state index is 12.3. The van der Waals surface area contributed by atoms with Crippen molar-refractivity contribution in [1.29, 1.82) is 0 Å². The molecule has 1 aromatic heterocycles. The molecule has 1 aromatic carbocycles. The fraction of sp³-hybridized carbons (Fsp3) is 0.438. The highest BCUT2D eigenvalue weighted by Crippen LogP contribution is 2.37. The fourth-order valence-electron chi connectivity index (χ4n) is 2.94. The zero-order valence-corrected chi connectivity index (χ0v) is 13.9. The third kappa shape index (κ3) is 2.80. The third-order valence-electron chi connectivity index (χ3n) is 4.04. The van der Waals surface area contributed by atoms with Crippen LogP contribution in [0, 0.1) is 0 Å². The van der Waals surface area contributed by atoms with Crippen molar-refractivity contribution < 1.29 is 4.79 Å². The van der Waals surface area contributed by atoms with Crippen molar-refractivity contribution >= 4 is 38.9 Å². The number of hydrogen-bond donors (Lipinski definition) is 0. The van der Waals surface area contributed by atoms with Gasteiger partial charge in [-0.15, -0.1) is 11.3 Å². The molecule has 2 heterocycles. The minimum Gasteiger partial charge on any atom is -0.347 e. The van der Waals surface area contributed by atoms with Gasteiger partial charge in [0.25, 0.3) is 0 Å². The topological polar surface area (TPSA) is 23.6 Å². The molecule has 112 valence electrons. The predicted octanol–water partition coefficient (Wildman–Crippen LogP) is 3.61. The molecule has 1 aliphatic heterocycles. The van der Waals surface area contributed by atoms with Crippen molar-refractivity contribution in [2.75, 3.05) is 20.6 Å². The molecule has 1 aliphatic rings. The number of benzene rings is 1. The lowest BCUT2D eigenvalue weighted by atomic mass is 10.2. The minimum atomic E-state index is 0.00118. The van der Waals surface area contributed by atoms with E-state index in [0.29, 0.717) is 0 Å². The molecule has 21 heavy (non-hydrogen) atoms. The van der Waals surface area contributed by atoms with Gasteiger partial charge < -0.3 is 4.90 Å². The van der Waals surface area contributed by atoms with Gasteiger partial charge in [-0.25, -0.2) is 0 Å². The van der Waals surface area contributed by atoms with E-state index in [0.717, 1.165) is 41.2 Å². The van der Waals surface area contributed by atoms with E-state index in [4.69, 9.17) is 11.6 Å². The average Bonchev–Trinajstić information content (AvgIpc) is 3.05. The number of nitrogens with zero attached hydrogens (tertiary/aromatic N) is 2. The number of thiophene rings is 1. The van der Waals surface area contributed by atoms with Crippen LogP contribution in [0.4, 0.5) is 0 Å². The van der Waals surface area contributed by atoms with Crippen LogP contribution in [-0.4, -0.2) is 42.4 Å². The first kappa shape index (κ1) is 14.8. The van der Waals surface area contributed by atoms with E-state index in [1.54, 1.807) is 16.2 Å². The maximum Gasteiger partial charge on any atom is 0.239 e. The Bertz CT molecular complexity index is 667. The highest BCUT2D eigenvalue weighted by molar-refractivity contribution is 7.19. The van der Waals surface area contributed by atoms with Crippen molar-refractivity contribution in [2.45, 2.75) is 25.4 Å². The molecule has 1 amide bonds. The van der Waals surface area contributed by atoms with Crippen LogP contribution in [0.3, 0.4) is 0 Å². The Morgan fingerprint density at radius 2 is 2.19 bits per heavy atom. The van der Waals surface area contributed by atoms with Crippen molar-refractivity contribution in [3.05, 3.63) is 34.2 Å². The largest absolute Gasteiger partial charge is 0.347 e. The van der Waals surface area contributed by atoms with Crippen molar-refractivity contribution in [2.24, 2.45) is 0 Å². The molecule has 0 N–H and O–H groups in total. The number of likely N-dealkylation sites (tertiary alicyclic amines) is 1. The van der Waals surface area contributed by atoms with E-state index in [9.17, 15) is 4.79 Å². The van der Waals surface area contributed by atoms with Gasteiger partial charge in [-0.05, 0) is 25.5 Å². The summed E-state index contributed by atoms with van der Waals surface area (Å²) < 4.78 is 1.21. The fourth-order valence-corrected chi connectivity index (χ4v) is 4.46. The second-order valence-electron chi connectivity index (χ2n) is 5.70. The Kier molecular flexibility index (Phi) is 4.20. The summed E-state index contributed by atoms with van der Waals surface area (Å²) in [5.41, 5.74) is 0. The number of halogens is 1. The molecule has 2 aromatic rings. The third-order valence-corrected chi connectivity index (χ3v) is 5.74. The second-order valence-corrected chi connectivity index (χ2v) is 7.21. The van der Waals surface area contributed by atoms with Crippen LogP contribution in [0.15, 0.2) is 24.3 Å². The van der Waals surface area contributed by atoms with E-state index in [2.05, 4.69) is 17.0 Å². The number of carbonyl (C=O) groups excluding carboxylic acids is 1. The normalized spacial score (nSPS) is 19.3. The summed E-state index contributed by atoms with van der Waals surface area (Å²) >= 11 is 8.25. The predicted molar refractivity (Wildman–Crippen MR) is 89.0 cm³/mol. The van der Waals surface area contributed by atoms with Crippen molar-refractivity contribution in [3.63, 3.8) is 0 Å². The zero-order valence-electron chi connectivity index (χ0n) is 12.3. The second kappa shape index (κ2) is 5.95. The molecule has 0 radical (unpaired) electrons. The SMILES string of the molecule is CN(C)C(=O)[C@@H]1CCCN1Cc1sc2ccccc2c1Cl. The van der Waals surface area contributed by atoms with Crippen LogP contribution < -0.4 is 0 Å². The smallest absolute Gasteiger partial charge is 0.239 e. The Labute approximate surface area is 134 Å². The molecule has 3 rings (SSSR count). The van der Waals surface area contributed by atoms with Gasteiger partial charge >= 0.3 is 0 Å². The van der Waals surface area contributed by atoms with Crippen LogP contribution in [0.2, 0.25) is 5.02 Å². The molecule has 0 saturated carbocycles. The number of amides is 1. The molecular formula is C16H19ClN2OS. The first-order valence-electron chi connectivity index (χ1n) is 7.19. The molecule has 0 spiro atoms. The highest BCUT2D eigenvalue weighted by atomic mass is 35.5. The number of carbonyl (C=O) groups is 1. The lowest BCUT2D eigenvalue weighted by molar-refractivity contribution is -0.133. The van der Waals surface area contributed by atoms with E-state index < -0.39 is 0 Å². The van der Waals surface area contributed by atoms with Crippen molar-refractivity contribution in [3.8, 4) is 0 Å². The van der Waals surface area contributed by atoms with E-state index >= 15 is 0 Å². The van der Waals surface area contributed by atoms with Gasteiger partial charge in [0.2, 0.25) is 5.91 Å². The summed E-state index contributed by atoms with van der Waals surface area (Å²) in [7, 11) is 3.65. The molecule has 3 nitrogen and oxygen atoms in total. The Morgan fingerprint density at radius 3 is 2.90 bits per heavy atom. The van der Waals surface area contributed by atoms with E-state index in [-0.39, 0.29) is 11.9 Å². The minimum absolute atomic E-state index is 0.00118. The summed E-state index contributed by atoms with van der Waals surface area (Å²) in [6, 6.07) is 8.21. The number of likely N-dealkylation sites (N-methyl/N-ethyl adjacent to an activating group) is 1. The molecule has 1 fully saturated rings. The van der Waals surface area contributed by atoms with Crippen LogP contribution in [0.1, 0.15) is 17.7 Å². The molecule has 1 atom stereocenters. The monoisotopic (exact) mass is 322 g/mol. The van der Waals surface area contributed by atoms with Gasteiger partial charge in [0.05, 0.1) is 11.1 Å². The number of rotatable bonds is 3. The van der Waals surface area contributed by atoms with Gasteiger partial charge in [0.1, 0.15) is 0 Å². The van der Waals surface area contributed by atoms with Crippen LogP contribution in [0.25, 0.3) is 10.1 Å². The van der Waals surface area contributed by atoms with E-state index in [1.165, 1.54) is 4.70 Å². The summed E-state index contributed by atoms with van der Waals surface area (Å²) in [4.78, 5) is 17.4. The van der Waals surface area contributed by atoms with Crippen LogP contribution >= 0.6 is 22.9 Å². The molecule has 1 saturated heterocycles. The van der Waals surface area contributed by atoms with Crippen molar-refractivity contribution in [1.82, 2.24) is 9.80 Å². The van der Waals surface area contributed by atoms with Gasteiger partial charge in [-0.2, -0.15) is 0 Å². The Morgan fingerprint density at radius 1 is 1.43 bits per heavy atom. The zero-order chi connectivity index (χ0) is 15.0. The molecule has 5 heteroatoms. The Hall–Kier alpha value is -1.10. The standard InChI is InChI=1S/C16H19ClN2OS/c1-18(2)16(20)12-7-5-9-19(12)10-14-15(17)11-6-3-4-8-13(11)21-14/h3-4,6,8,12H,5,7,9-10H2,1-2H3/t12-/m0/s1. The maximum atomic E-state index is 12.3. The van der Waals surface area contributed by atoms with E-state index in [1.807, 2.05) is 26.2 Å². The molecule has 0 unspecified atom stereocenters. The average molecular weight is 323 g/mol. The number of fused-ring (bicyclic) bond motifs is 1. The summed E-state index contributed by atoms with van der Waals surface area (Å²) in [5, 5.41) is 1.97. The molecule has 0 bridgehead atoms. The summed E-state index contributed by atoms with van der Waals surface area (Å²) in [6.45, 7) is 1.73. The summed E-state index contributed by atoms with van der Waals surface area (Å²) in [5.74, 6) is 0.199. The first-order valence-corrected chi connectivity index (χ1v) is 8.38. The highest BCUT2D eigenvalue weighted by Gasteiger charge is 2.32. The Balaban J connectivity index is 1.84.